The summed E-state index contributed by atoms with van der Waals surface area (Å²) >= 11 is 0. The Kier molecular flexibility index (Phi) is 5.72. The fourth-order valence-corrected chi connectivity index (χ4v) is 1.65. The first-order valence-electron chi connectivity index (χ1n) is 5.91. The highest BCUT2D eigenvalue weighted by Gasteiger charge is 2.22. The van der Waals surface area contributed by atoms with Crippen molar-refractivity contribution in [2.45, 2.75) is 25.3 Å². The van der Waals surface area contributed by atoms with E-state index in [4.69, 9.17) is 5.53 Å². The Balaban J connectivity index is 2.45. The number of nitriles is 1. The Morgan fingerprint density at radius 3 is 2.78 bits per heavy atom. The van der Waals surface area contributed by atoms with Gasteiger partial charge in [0.25, 0.3) is 0 Å². The van der Waals surface area contributed by atoms with Crippen molar-refractivity contribution >= 4 is 0 Å². The molecular weight excluding hydrogens is 226 g/mol. The molecular formula is C13H17N5. The van der Waals surface area contributed by atoms with Crippen LogP contribution in [0.25, 0.3) is 10.4 Å². The normalized spacial score (nSPS) is 13.1. The number of rotatable bonds is 7. The molecule has 1 aromatic carbocycles. The van der Waals surface area contributed by atoms with E-state index in [1.54, 1.807) is 0 Å². The van der Waals surface area contributed by atoms with Crippen LogP contribution in [0.4, 0.5) is 0 Å². The lowest BCUT2D eigenvalue weighted by Crippen LogP contribution is -2.42. The molecule has 1 rings (SSSR count). The van der Waals surface area contributed by atoms with Crippen molar-refractivity contribution in [2.24, 2.45) is 5.11 Å². The maximum Gasteiger partial charge on any atom is 0.104 e. The third-order valence-electron chi connectivity index (χ3n) is 2.79. The van der Waals surface area contributed by atoms with Crippen molar-refractivity contribution in [1.29, 1.82) is 5.26 Å². The van der Waals surface area contributed by atoms with Crippen molar-refractivity contribution in [2.75, 3.05) is 13.1 Å². The summed E-state index contributed by atoms with van der Waals surface area (Å²) in [6.07, 6.45) is 1.57. The summed E-state index contributed by atoms with van der Waals surface area (Å²) in [4.78, 5) is 2.68. The maximum absolute atomic E-state index is 9.20. The Labute approximate surface area is 107 Å². The van der Waals surface area contributed by atoms with Crippen LogP contribution in [0, 0.1) is 11.3 Å². The van der Waals surface area contributed by atoms with Crippen LogP contribution in [0.5, 0.6) is 0 Å². The van der Waals surface area contributed by atoms with Gasteiger partial charge in [0.05, 0.1) is 6.07 Å². The Morgan fingerprint density at radius 1 is 1.44 bits per heavy atom. The van der Waals surface area contributed by atoms with Gasteiger partial charge in [-0.15, -0.1) is 0 Å². The van der Waals surface area contributed by atoms with Crippen molar-refractivity contribution in [1.82, 2.24) is 5.32 Å². The number of aryl methyl sites for hydroxylation is 1. The first kappa shape index (κ1) is 14.0. The summed E-state index contributed by atoms with van der Waals surface area (Å²) in [5.41, 5.74) is 8.81. The van der Waals surface area contributed by atoms with Crippen molar-refractivity contribution in [3.05, 3.63) is 46.3 Å². The van der Waals surface area contributed by atoms with Gasteiger partial charge in [0.1, 0.15) is 5.54 Å². The van der Waals surface area contributed by atoms with E-state index < -0.39 is 5.54 Å². The highest BCUT2D eigenvalue weighted by molar-refractivity contribution is 5.16. The lowest BCUT2D eigenvalue weighted by molar-refractivity contribution is 0.423. The quantitative estimate of drug-likeness (QED) is 0.345. The number of hydrogen-bond donors (Lipinski definition) is 1. The van der Waals surface area contributed by atoms with Gasteiger partial charge in [-0.05, 0) is 30.9 Å². The molecule has 0 aliphatic rings. The second-order valence-corrected chi connectivity index (χ2v) is 4.31. The molecule has 0 bridgehead atoms. The summed E-state index contributed by atoms with van der Waals surface area (Å²) in [6, 6.07) is 12.4. The lowest BCUT2D eigenvalue weighted by Gasteiger charge is -2.22. The van der Waals surface area contributed by atoms with Gasteiger partial charge in [0.15, 0.2) is 0 Å². The van der Waals surface area contributed by atoms with Crippen molar-refractivity contribution in [3.63, 3.8) is 0 Å². The first-order valence-corrected chi connectivity index (χ1v) is 5.91. The summed E-state index contributed by atoms with van der Waals surface area (Å²) in [6.45, 7) is 2.74. The molecule has 18 heavy (non-hydrogen) atoms. The standard InChI is InChI=1S/C13H17N5/c1-13(11-14,16-9-10-17-18-15)8-7-12-5-3-2-4-6-12/h2-6,16H,7-10H2,1H3. The van der Waals surface area contributed by atoms with Gasteiger partial charge in [-0.3, -0.25) is 5.32 Å². The summed E-state index contributed by atoms with van der Waals surface area (Å²) < 4.78 is 0. The predicted molar refractivity (Wildman–Crippen MR) is 70.8 cm³/mol. The molecule has 0 spiro atoms. The third kappa shape index (κ3) is 4.88. The lowest BCUT2D eigenvalue weighted by atomic mass is 9.94. The van der Waals surface area contributed by atoms with Crippen LogP contribution in [0.3, 0.4) is 0 Å². The predicted octanol–water partition coefficient (Wildman–Crippen LogP) is 2.80. The van der Waals surface area contributed by atoms with Crippen molar-refractivity contribution in [3.8, 4) is 6.07 Å². The van der Waals surface area contributed by atoms with Crippen LogP contribution in [-0.2, 0) is 6.42 Å². The molecule has 0 aliphatic heterocycles. The summed E-state index contributed by atoms with van der Waals surface area (Å²) in [5, 5.41) is 15.8. The number of hydrogen-bond acceptors (Lipinski definition) is 3. The number of nitrogens with zero attached hydrogens (tertiary/aromatic N) is 4. The number of benzene rings is 1. The van der Waals surface area contributed by atoms with E-state index in [-0.39, 0.29) is 0 Å². The monoisotopic (exact) mass is 243 g/mol. The smallest absolute Gasteiger partial charge is 0.104 e. The Bertz CT molecular complexity index is 444. The molecule has 5 nitrogen and oxygen atoms in total. The molecule has 0 heterocycles. The van der Waals surface area contributed by atoms with Gasteiger partial charge in [-0.2, -0.15) is 5.26 Å². The minimum absolute atomic E-state index is 0.360. The SMILES string of the molecule is CC(C#N)(CCc1ccccc1)NCCN=[N+]=[N-]. The van der Waals surface area contributed by atoms with Crippen LogP contribution in [0.15, 0.2) is 35.4 Å². The highest BCUT2D eigenvalue weighted by Crippen LogP contribution is 2.13. The Morgan fingerprint density at radius 2 is 2.17 bits per heavy atom. The maximum atomic E-state index is 9.20. The fourth-order valence-electron chi connectivity index (χ4n) is 1.65. The molecule has 0 aliphatic carbocycles. The van der Waals surface area contributed by atoms with Gasteiger partial charge in [-0.25, -0.2) is 0 Å². The third-order valence-corrected chi connectivity index (χ3v) is 2.79. The zero-order valence-corrected chi connectivity index (χ0v) is 10.5. The van der Waals surface area contributed by atoms with Gasteiger partial charge >= 0.3 is 0 Å². The van der Waals surface area contributed by atoms with Crippen LogP contribution in [0.1, 0.15) is 18.9 Å². The zero-order valence-electron chi connectivity index (χ0n) is 10.5. The van der Waals surface area contributed by atoms with E-state index in [9.17, 15) is 5.26 Å². The molecule has 5 heteroatoms. The second-order valence-electron chi connectivity index (χ2n) is 4.31. The number of azide groups is 1. The molecule has 0 aromatic heterocycles. The van der Waals surface area contributed by atoms with Gasteiger partial charge in [0, 0.05) is 18.0 Å². The van der Waals surface area contributed by atoms with Crippen LogP contribution >= 0.6 is 0 Å². The van der Waals surface area contributed by atoms with Crippen molar-refractivity contribution < 1.29 is 0 Å². The van der Waals surface area contributed by atoms with Crippen LogP contribution in [0.2, 0.25) is 0 Å². The molecule has 0 amide bonds. The molecule has 1 atom stereocenters. The zero-order chi connectivity index (χ0) is 13.3. The van der Waals surface area contributed by atoms with E-state index in [1.807, 2.05) is 25.1 Å². The van der Waals surface area contributed by atoms with E-state index in [1.165, 1.54) is 5.56 Å². The molecule has 1 unspecified atom stereocenters. The van der Waals surface area contributed by atoms with Gasteiger partial charge < -0.3 is 0 Å². The van der Waals surface area contributed by atoms with Crippen LogP contribution < -0.4 is 5.32 Å². The minimum atomic E-state index is -0.583. The highest BCUT2D eigenvalue weighted by atomic mass is 15.1. The molecule has 0 radical (unpaired) electrons. The van der Waals surface area contributed by atoms with Gasteiger partial charge in [0.2, 0.25) is 0 Å². The van der Waals surface area contributed by atoms with E-state index in [2.05, 4.69) is 33.5 Å². The van der Waals surface area contributed by atoms with E-state index in [0.29, 0.717) is 13.1 Å². The average Bonchev–Trinajstić information content (AvgIpc) is 2.43. The molecule has 0 saturated carbocycles. The number of nitrogens with one attached hydrogen (secondary N) is 1. The molecule has 1 aromatic rings. The van der Waals surface area contributed by atoms with E-state index in [0.717, 1.165) is 12.8 Å². The fraction of sp³-hybridized carbons (Fsp3) is 0.462. The summed E-state index contributed by atoms with van der Waals surface area (Å²) in [7, 11) is 0. The van der Waals surface area contributed by atoms with Gasteiger partial charge in [-0.1, -0.05) is 35.4 Å². The Hall–Kier alpha value is -2.02. The summed E-state index contributed by atoms with van der Waals surface area (Å²) in [5.74, 6) is 0. The largest absolute Gasteiger partial charge is 0.299 e. The topological polar surface area (TPSA) is 84.6 Å². The molecule has 94 valence electrons. The minimum Gasteiger partial charge on any atom is -0.299 e. The van der Waals surface area contributed by atoms with E-state index >= 15 is 0 Å². The molecule has 0 fully saturated rings. The second kappa shape index (κ2) is 7.33. The average molecular weight is 243 g/mol. The molecule has 0 saturated heterocycles. The first-order chi connectivity index (χ1) is 8.70. The van der Waals surface area contributed by atoms with Crippen LogP contribution in [-0.4, -0.2) is 18.6 Å². The molecule has 1 N–H and O–H groups in total.